The highest BCUT2D eigenvalue weighted by molar-refractivity contribution is 5.60. The average molecular weight is 461 g/mol. The lowest BCUT2D eigenvalue weighted by molar-refractivity contribution is 0.0376. The van der Waals surface area contributed by atoms with Gasteiger partial charge in [-0.25, -0.2) is 8.78 Å². The van der Waals surface area contributed by atoms with Gasteiger partial charge in [-0.2, -0.15) is 14.0 Å². The van der Waals surface area contributed by atoms with Crippen molar-refractivity contribution in [3.05, 3.63) is 119 Å². The number of pyridine rings is 2. The standard InChI is InChI=1S/C27H19F4N3/c1-26(2,23-9-4-8-22(33-23)20-13-12-19(28)15-21(20)29)24-10-5-11-25(34-24)27(30,31)18-7-3-6-17(14-18)16-32/h3-15H,1-2H3. The van der Waals surface area contributed by atoms with Crippen LogP contribution in [0.5, 0.6) is 0 Å². The zero-order chi connectivity index (χ0) is 24.5. The molecule has 0 N–H and O–H groups in total. The molecule has 0 amide bonds. The lowest BCUT2D eigenvalue weighted by atomic mass is 9.84. The van der Waals surface area contributed by atoms with Crippen molar-refractivity contribution >= 4 is 0 Å². The van der Waals surface area contributed by atoms with Crippen LogP contribution in [0.2, 0.25) is 0 Å². The molecule has 0 aliphatic heterocycles. The van der Waals surface area contributed by atoms with E-state index in [0.717, 1.165) is 18.2 Å². The zero-order valence-corrected chi connectivity index (χ0v) is 18.4. The number of aromatic nitrogens is 2. The maximum Gasteiger partial charge on any atom is 0.314 e. The molecule has 2 aromatic heterocycles. The fourth-order valence-corrected chi connectivity index (χ4v) is 3.65. The first kappa shape index (κ1) is 23.1. The van der Waals surface area contributed by atoms with Gasteiger partial charge in [0.25, 0.3) is 0 Å². The molecule has 34 heavy (non-hydrogen) atoms. The number of nitrogens with zero attached hydrogens (tertiary/aromatic N) is 3. The minimum Gasteiger partial charge on any atom is -0.252 e. The number of rotatable bonds is 5. The molecule has 0 bridgehead atoms. The third kappa shape index (κ3) is 4.27. The number of hydrogen-bond donors (Lipinski definition) is 0. The van der Waals surface area contributed by atoms with Gasteiger partial charge in [-0.15, -0.1) is 0 Å². The Morgan fingerprint density at radius 3 is 2.12 bits per heavy atom. The molecule has 0 saturated heterocycles. The van der Waals surface area contributed by atoms with Crippen LogP contribution in [0.3, 0.4) is 0 Å². The van der Waals surface area contributed by atoms with E-state index in [1.807, 2.05) is 6.07 Å². The number of nitriles is 1. The van der Waals surface area contributed by atoms with Crippen molar-refractivity contribution in [3.8, 4) is 17.3 Å². The van der Waals surface area contributed by atoms with E-state index in [1.165, 1.54) is 36.4 Å². The van der Waals surface area contributed by atoms with E-state index in [4.69, 9.17) is 5.26 Å². The second kappa shape index (κ2) is 8.71. The summed E-state index contributed by atoms with van der Waals surface area (Å²) in [4.78, 5) is 8.79. The monoisotopic (exact) mass is 461 g/mol. The molecule has 0 atom stereocenters. The average Bonchev–Trinajstić information content (AvgIpc) is 2.84. The van der Waals surface area contributed by atoms with Crippen LogP contribution in [-0.4, -0.2) is 9.97 Å². The van der Waals surface area contributed by atoms with Gasteiger partial charge in [0.15, 0.2) is 0 Å². The molecule has 4 rings (SSSR count). The highest BCUT2D eigenvalue weighted by Crippen LogP contribution is 2.37. The molecule has 0 radical (unpaired) electrons. The summed E-state index contributed by atoms with van der Waals surface area (Å²) in [6.07, 6.45) is 0. The molecule has 170 valence electrons. The Morgan fingerprint density at radius 2 is 1.41 bits per heavy atom. The van der Waals surface area contributed by atoms with Crippen LogP contribution in [-0.2, 0) is 11.3 Å². The fourth-order valence-electron chi connectivity index (χ4n) is 3.65. The number of hydrogen-bond acceptors (Lipinski definition) is 3. The Kier molecular flexibility index (Phi) is 5.92. The van der Waals surface area contributed by atoms with Crippen LogP contribution >= 0.6 is 0 Å². The van der Waals surface area contributed by atoms with Gasteiger partial charge in [-0.3, -0.25) is 9.97 Å². The van der Waals surface area contributed by atoms with E-state index >= 15 is 8.78 Å². The van der Waals surface area contributed by atoms with Gasteiger partial charge in [-0.1, -0.05) is 24.3 Å². The fraction of sp³-hybridized carbons (Fsp3) is 0.148. The van der Waals surface area contributed by atoms with Gasteiger partial charge in [0, 0.05) is 22.6 Å². The highest BCUT2D eigenvalue weighted by atomic mass is 19.3. The maximum atomic E-state index is 15.3. The number of halogens is 4. The molecule has 2 aromatic carbocycles. The van der Waals surface area contributed by atoms with E-state index in [2.05, 4.69) is 9.97 Å². The van der Waals surface area contributed by atoms with Crippen LogP contribution in [0, 0.1) is 23.0 Å². The molecule has 0 spiro atoms. The van der Waals surface area contributed by atoms with Gasteiger partial charge in [0.05, 0.1) is 28.7 Å². The second-order valence-corrected chi connectivity index (χ2v) is 8.33. The first-order valence-electron chi connectivity index (χ1n) is 10.4. The summed E-state index contributed by atoms with van der Waals surface area (Å²) in [6.45, 7) is 3.56. The topological polar surface area (TPSA) is 49.6 Å². The molecule has 4 aromatic rings. The van der Waals surface area contributed by atoms with Crippen LogP contribution in [0.15, 0.2) is 78.9 Å². The van der Waals surface area contributed by atoms with E-state index < -0.39 is 28.7 Å². The molecule has 2 heterocycles. The number of alkyl halides is 2. The minimum atomic E-state index is -3.43. The maximum absolute atomic E-state index is 15.3. The van der Waals surface area contributed by atoms with Crippen LogP contribution in [0.25, 0.3) is 11.3 Å². The van der Waals surface area contributed by atoms with Crippen molar-refractivity contribution in [2.75, 3.05) is 0 Å². The molecule has 7 heteroatoms. The van der Waals surface area contributed by atoms with Gasteiger partial charge in [-0.05, 0) is 62.4 Å². The summed E-state index contributed by atoms with van der Waals surface area (Å²) in [7, 11) is 0. The lowest BCUT2D eigenvalue weighted by Crippen LogP contribution is -2.25. The Hall–Kier alpha value is -4.05. The molecule has 0 aliphatic rings. The summed E-state index contributed by atoms with van der Waals surface area (Å²) in [5.41, 5.74) is -0.341. The summed E-state index contributed by atoms with van der Waals surface area (Å²) < 4.78 is 58.2. The smallest absolute Gasteiger partial charge is 0.252 e. The van der Waals surface area contributed by atoms with Crippen molar-refractivity contribution in [2.24, 2.45) is 0 Å². The molecule has 0 saturated carbocycles. The predicted octanol–water partition coefficient (Wildman–Crippen LogP) is 6.76. The zero-order valence-electron chi connectivity index (χ0n) is 18.4. The first-order valence-corrected chi connectivity index (χ1v) is 10.4. The quantitative estimate of drug-likeness (QED) is 0.309. The third-order valence-electron chi connectivity index (χ3n) is 5.66. The van der Waals surface area contributed by atoms with Crippen molar-refractivity contribution in [1.82, 2.24) is 9.97 Å². The molecule has 0 aliphatic carbocycles. The van der Waals surface area contributed by atoms with Crippen LogP contribution in [0.1, 0.15) is 42.1 Å². The van der Waals surface area contributed by atoms with Crippen LogP contribution < -0.4 is 0 Å². The van der Waals surface area contributed by atoms with Gasteiger partial charge >= 0.3 is 5.92 Å². The third-order valence-corrected chi connectivity index (χ3v) is 5.66. The van der Waals surface area contributed by atoms with Crippen molar-refractivity contribution in [1.29, 1.82) is 5.26 Å². The summed E-state index contributed by atoms with van der Waals surface area (Å²) in [6, 6.07) is 19.7. The van der Waals surface area contributed by atoms with Crippen molar-refractivity contribution in [2.45, 2.75) is 25.2 Å². The van der Waals surface area contributed by atoms with Crippen LogP contribution in [0.4, 0.5) is 17.6 Å². The second-order valence-electron chi connectivity index (χ2n) is 8.33. The number of benzene rings is 2. The van der Waals surface area contributed by atoms with E-state index in [9.17, 15) is 8.78 Å². The first-order chi connectivity index (χ1) is 16.1. The molecular formula is C27H19F4N3. The summed E-state index contributed by atoms with van der Waals surface area (Å²) in [5, 5.41) is 9.05. The Bertz CT molecular complexity index is 1410. The van der Waals surface area contributed by atoms with Gasteiger partial charge in [0.2, 0.25) is 0 Å². The molecular weight excluding hydrogens is 442 g/mol. The van der Waals surface area contributed by atoms with E-state index in [0.29, 0.717) is 11.4 Å². The lowest BCUT2D eigenvalue weighted by Gasteiger charge is -2.26. The summed E-state index contributed by atoms with van der Waals surface area (Å²) in [5.74, 6) is -4.87. The van der Waals surface area contributed by atoms with Gasteiger partial charge in [0.1, 0.15) is 17.3 Å². The SMILES string of the molecule is CC(C)(c1cccc(-c2ccc(F)cc2F)n1)c1cccc(C(F)(F)c2cccc(C#N)c2)n1. The molecule has 3 nitrogen and oxygen atoms in total. The van der Waals surface area contributed by atoms with Gasteiger partial charge < -0.3 is 0 Å². The largest absolute Gasteiger partial charge is 0.314 e. The Labute approximate surface area is 194 Å². The van der Waals surface area contributed by atoms with Crippen molar-refractivity contribution in [3.63, 3.8) is 0 Å². The van der Waals surface area contributed by atoms with Crippen molar-refractivity contribution < 1.29 is 17.6 Å². The minimum absolute atomic E-state index is 0.127. The van der Waals surface area contributed by atoms with E-state index in [1.54, 1.807) is 38.1 Å². The Morgan fingerprint density at radius 1 is 0.765 bits per heavy atom. The summed E-state index contributed by atoms with van der Waals surface area (Å²) >= 11 is 0. The normalized spacial score (nSPS) is 11.8. The Balaban J connectivity index is 1.74. The highest BCUT2D eigenvalue weighted by Gasteiger charge is 2.37. The molecule has 0 fully saturated rings. The molecule has 0 unspecified atom stereocenters. The van der Waals surface area contributed by atoms with E-state index in [-0.39, 0.29) is 22.4 Å². The predicted molar refractivity (Wildman–Crippen MR) is 120 cm³/mol.